The van der Waals surface area contributed by atoms with Crippen molar-refractivity contribution in [1.29, 1.82) is 5.26 Å². The Kier molecular flexibility index (Phi) is 3.49. The average molecular weight is 282 g/mol. The molecular weight excluding hydrogens is 273 g/mol. The Morgan fingerprint density at radius 3 is 2.77 bits per heavy atom. The van der Waals surface area contributed by atoms with Crippen LogP contribution in [0.3, 0.4) is 0 Å². The smallest absolute Gasteiger partial charge is 0.101 e. The fourth-order valence-electron chi connectivity index (χ4n) is 1.09. The second kappa shape index (κ2) is 4.43. The largest absolute Gasteiger partial charge is 0.192 e. The molecule has 0 aromatic heterocycles. The minimum absolute atomic E-state index is 0.00985. The van der Waals surface area contributed by atoms with E-state index in [1.807, 2.05) is 18.2 Å². The van der Waals surface area contributed by atoms with Gasteiger partial charge >= 0.3 is 0 Å². The van der Waals surface area contributed by atoms with Gasteiger partial charge in [0.2, 0.25) is 0 Å². The fraction of sp³-hybridized carbons (Fsp3) is 0.0909. The summed E-state index contributed by atoms with van der Waals surface area (Å²) in [4.78, 5) is 0. The molecule has 1 atom stereocenters. The van der Waals surface area contributed by atoms with E-state index in [1.54, 1.807) is 6.08 Å². The zero-order valence-corrected chi connectivity index (χ0v) is 9.28. The molecule has 0 aliphatic heterocycles. The summed E-state index contributed by atoms with van der Waals surface area (Å²) in [5.41, 5.74) is 1.66. The van der Waals surface area contributed by atoms with Gasteiger partial charge in [0.1, 0.15) is 6.07 Å². The van der Waals surface area contributed by atoms with Gasteiger partial charge in [-0.1, -0.05) is 18.2 Å². The summed E-state index contributed by atoms with van der Waals surface area (Å²) in [7, 11) is 0. The van der Waals surface area contributed by atoms with Gasteiger partial charge < -0.3 is 0 Å². The van der Waals surface area contributed by atoms with Crippen LogP contribution in [0.15, 0.2) is 30.9 Å². The molecule has 65 valence electrons. The normalized spacial score (nSPS) is 11.8. The lowest BCUT2D eigenvalue weighted by Crippen LogP contribution is -1.95. The quantitative estimate of drug-likeness (QED) is 0.603. The van der Waals surface area contributed by atoms with Crippen molar-refractivity contribution in [2.75, 3.05) is 0 Å². The van der Waals surface area contributed by atoms with Gasteiger partial charge in [-0.3, -0.25) is 0 Å². The summed E-state index contributed by atoms with van der Waals surface area (Å²) in [6.45, 7) is 7.57. The van der Waals surface area contributed by atoms with Crippen molar-refractivity contribution in [3.8, 4) is 6.07 Å². The maximum Gasteiger partial charge on any atom is 0.101 e. The summed E-state index contributed by atoms with van der Waals surface area (Å²) in [6.07, 6.45) is 1.74. The molecule has 0 spiro atoms. The van der Waals surface area contributed by atoms with E-state index in [1.165, 1.54) is 0 Å². The molecule has 0 aliphatic rings. The molecule has 0 fully saturated rings. The van der Waals surface area contributed by atoms with E-state index < -0.39 is 0 Å². The number of rotatable bonds is 2. The van der Waals surface area contributed by atoms with Gasteiger partial charge in [0.05, 0.1) is 5.56 Å². The van der Waals surface area contributed by atoms with Crippen LogP contribution < -0.4 is 0 Å². The predicted molar refractivity (Wildman–Crippen MR) is 62.2 cm³/mol. The highest BCUT2D eigenvalue weighted by molar-refractivity contribution is 14.1. The molecule has 1 radical (unpaired) electrons. The first-order valence-corrected chi connectivity index (χ1v) is 4.92. The van der Waals surface area contributed by atoms with Crippen LogP contribution in [0.25, 0.3) is 0 Å². The van der Waals surface area contributed by atoms with Gasteiger partial charge in [-0.2, -0.15) is 5.26 Å². The molecule has 0 heterocycles. The van der Waals surface area contributed by atoms with E-state index in [2.05, 4.69) is 42.2 Å². The Hall–Kier alpha value is -0.820. The summed E-state index contributed by atoms with van der Waals surface area (Å²) >= 11 is 2.15. The van der Waals surface area contributed by atoms with Crippen LogP contribution in [-0.4, -0.2) is 0 Å². The van der Waals surface area contributed by atoms with Crippen LogP contribution in [-0.2, 0) is 0 Å². The zero-order valence-electron chi connectivity index (χ0n) is 7.13. The molecule has 0 aliphatic carbocycles. The molecule has 2 heteroatoms. The van der Waals surface area contributed by atoms with Crippen molar-refractivity contribution in [3.63, 3.8) is 0 Å². The average Bonchev–Trinajstić information content (AvgIpc) is 2.16. The lowest BCUT2D eigenvalue weighted by atomic mass is 9.97. The Balaban J connectivity index is 3.29. The second-order valence-corrected chi connectivity index (χ2v) is 3.82. The third-order valence-electron chi connectivity index (χ3n) is 1.84. The van der Waals surface area contributed by atoms with E-state index in [4.69, 9.17) is 5.26 Å². The van der Waals surface area contributed by atoms with E-state index >= 15 is 0 Å². The number of hydrogen-bond acceptors (Lipinski definition) is 1. The van der Waals surface area contributed by atoms with Crippen molar-refractivity contribution >= 4 is 22.6 Å². The minimum atomic E-state index is -0.00985. The highest BCUT2D eigenvalue weighted by Gasteiger charge is 2.09. The predicted octanol–water partition coefficient (Wildman–Crippen LogP) is 3.27. The first kappa shape index (κ1) is 10.3. The van der Waals surface area contributed by atoms with E-state index in [0.29, 0.717) is 5.56 Å². The monoisotopic (exact) mass is 282 g/mol. The van der Waals surface area contributed by atoms with Crippen molar-refractivity contribution in [2.24, 2.45) is 0 Å². The van der Waals surface area contributed by atoms with Gasteiger partial charge in [0.15, 0.2) is 0 Å². The van der Waals surface area contributed by atoms with Crippen LogP contribution in [0, 0.1) is 21.8 Å². The highest BCUT2D eigenvalue weighted by Crippen LogP contribution is 2.23. The number of hydrogen-bond donors (Lipinski definition) is 0. The molecule has 0 saturated heterocycles. The van der Waals surface area contributed by atoms with Crippen LogP contribution in [0.4, 0.5) is 0 Å². The third-order valence-corrected chi connectivity index (χ3v) is 2.74. The van der Waals surface area contributed by atoms with Crippen LogP contribution in [0.2, 0.25) is 0 Å². The standard InChI is InChI=1S/C11H9IN/c1-3-8(2)9-5-4-6-11(12)10(9)7-13/h3-6,8H,1-2H2. The molecule has 1 unspecified atom stereocenters. The molecule has 1 rings (SSSR count). The van der Waals surface area contributed by atoms with Crippen LogP contribution >= 0.6 is 22.6 Å². The van der Waals surface area contributed by atoms with Gasteiger partial charge in [-0.25, -0.2) is 0 Å². The lowest BCUT2D eigenvalue weighted by Gasteiger charge is -2.08. The van der Waals surface area contributed by atoms with Crippen molar-refractivity contribution in [3.05, 3.63) is 52.5 Å². The number of benzene rings is 1. The first-order valence-electron chi connectivity index (χ1n) is 3.85. The Morgan fingerprint density at radius 2 is 2.23 bits per heavy atom. The van der Waals surface area contributed by atoms with E-state index in [-0.39, 0.29) is 5.92 Å². The molecular formula is C11H9IN. The van der Waals surface area contributed by atoms with Gasteiger partial charge in [-0.05, 0) is 41.1 Å². The number of nitriles is 1. The molecule has 1 aromatic carbocycles. The Morgan fingerprint density at radius 1 is 1.54 bits per heavy atom. The van der Waals surface area contributed by atoms with E-state index in [9.17, 15) is 0 Å². The zero-order chi connectivity index (χ0) is 9.84. The summed E-state index contributed by atoms with van der Waals surface area (Å²) < 4.78 is 0.966. The van der Waals surface area contributed by atoms with Crippen molar-refractivity contribution in [2.45, 2.75) is 5.92 Å². The summed E-state index contributed by atoms with van der Waals surface area (Å²) in [5.74, 6) is -0.00985. The molecule has 1 nitrogen and oxygen atoms in total. The number of allylic oxidation sites excluding steroid dienone is 1. The third kappa shape index (κ3) is 2.10. The number of nitrogens with zero attached hydrogens (tertiary/aromatic N) is 1. The maximum atomic E-state index is 8.93. The van der Waals surface area contributed by atoms with Gasteiger partial charge in [0.25, 0.3) is 0 Å². The summed E-state index contributed by atoms with van der Waals surface area (Å²) in [6, 6.07) is 7.95. The highest BCUT2D eigenvalue weighted by atomic mass is 127. The molecule has 13 heavy (non-hydrogen) atoms. The van der Waals surface area contributed by atoms with Gasteiger partial charge in [-0.15, -0.1) is 6.58 Å². The molecule has 0 saturated carbocycles. The van der Waals surface area contributed by atoms with Crippen LogP contribution in [0.1, 0.15) is 17.0 Å². The maximum absolute atomic E-state index is 8.93. The van der Waals surface area contributed by atoms with Gasteiger partial charge in [0, 0.05) is 9.49 Å². The molecule has 0 N–H and O–H groups in total. The minimum Gasteiger partial charge on any atom is -0.192 e. The van der Waals surface area contributed by atoms with E-state index in [0.717, 1.165) is 9.13 Å². The molecule has 0 amide bonds. The molecule has 0 bridgehead atoms. The first-order chi connectivity index (χ1) is 6.20. The van der Waals surface area contributed by atoms with Crippen molar-refractivity contribution in [1.82, 2.24) is 0 Å². The fourth-order valence-corrected chi connectivity index (χ4v) is 1.73. The Bertz CT molecular complexity index is 363. The topological polar surface area (TPSA) is 23.8 Å². The lowest BCUT2D eigenvalue weighted by molar-refractivity contribution is 1.07. The Labute approximate surface area is 92.2 Å². The van der Waals surface area contributed by atoms with Crippen LogP contribution in [0.5, 0.6) is 0 Å². The molecule has 1 aromatic rings. The summed E-state index contributed by atoms with van der Waals surface area (Å²) in [5, 5.41) is 8.93. The van der Waals surface area contributed by atoms with Crippen molar-refractivity contribution < 1.29 is 0 Å². The second-order valence-electron chi connectivity index (χ2n) is 2.66. The SMILES string of the molecule is [CH2]C(C=C)c1cccc(I)c1C#N. The number of halogens is 1.